The van der Waals surface area contributed by atoms with Gasteiger partial charge in [-0.1, -0.05) is 36.4 Å². The molecule has 164 valence electrons. The van der Waals surface area contributed by atoms with E-state index >= 15 is 0 Å². The molecule has 0 amide bonds. The molecule has 0 saturated carbocycles. The molecule has 0 N–H and O–H groups in total. The highest BCUT2D eigenvalue weighted by molar-refractivity contribution is 5.65. The Morgan fingerprint density at radius 3 is 2.39 bits per heavy atom. The number of benzene rings is 3. The lowest BCUT2D eigenvalue weighted by Crippen LogP contribution is -2.01. The molecular formula is C27H21FN2O3. The van der Waals surface area contributed by atoms with E-state index < -0.39 is 5.82 Å². The van der Waals surface area contributed by atoms with Crippen molar-refractivity contribution in [1.29, 1.82) is 5.26 Å². The Bertz CT molecular complexity index is 1290. The van der Waals surface area contributed by atoms with Gasteiger partial charge in [0.2, 0.25) is 0 Å². The van der Waals surface area contributed by atoms with Gasteiger partial charge in [-0.2, -0.15) is 5.26 Å². The van der Waals surface area contributed by atoms with Gasteiger partial charge in [0, 0.05) is 23.5 Å². The van der Waals surface area contributed by atoms with Crippen LogP contribution in [0.2, 0.25) is 0 Å². The number of methoxy groups -OCH3 is 1. The van der Waals surface area contributed by atoms with Crippen LogP contribution in [0.4, 0.5) is 4.39 Å². The van der Waals surface area contributed by atoms with Crippen LogP contribution >= 0.6 is 0 Å². The number of pyridine rings is 1. The first-order valence-electron chi connectivity index (χ1n) is 10.3. The summed E-state index contributed by atoms with van der Waals surface area (Å²) in [6.07, 6.45) is 3.26. The fourth-order valence-electron chi connectivity index (χ4n) is 3.34. The van der Waals surface area contributed by atoms with E-state index in [1.807, 2.05) is 18.2 Å². The second-order valence-corrected chi connectivity index (χ2v) is 7.23. The van der Waals surface area contributed by atoms with Crippen LogP contribution in [0.15, 0.2) is 85.2 Å². The summed E-state index contributed by atoms with van der Waals surface area (Å²) in [6.45, 7) is 0.461. The van der Waals surface area contributed by atoms with Gasteiger partial charge in [0.1, 0.15) is 13.2 Å². The van der Waals surface area contributed by atoms with Gasteiger partial charge in [0.05, 0.1) is 18.7 Å². The minimum absolute atomic E-state index is 0.160. The van der Waals surface area contributed by atoms with Crippen molar-refractivity contribution in [3.05, 3.63) is 108 Å². The predicted octanol–water partition coefficient (Wildman–Crippen LogP) is 5.93. The van der Waals surface area contributed by atoms with E-state index in [0.717, 1.165) is 11.1 Å². The fourth-order valence-corrected chi connectivity index (χ4v) is 3.34. The van der Waals surface area contributed by atoms with Gasteiger partial charge in [-0.25, -0.2) is 4.39 Å². The monoisotopic (exact) mass is 440 g/mol. The smallest absolute Gasteiger partial charge is 0.172 e. The summed E-state index contributed by atoms with van der Waals surface area (Å²) in [7, 11) is 1.56. The van der Waals surface area contributed by atoms with Crippen LogP contribution in [0, 0.1) is 17.1 Å². The zero-order valence-electron chi connectivity index (χ0n) is 18.0. The molecule has 0 aliphatic carbocycles. The van der Waals surface area contributed by atoms with Gasteiger partial charge in [-0.3, -0.25) is 4.98 Å². The van der Waals surface area contributed by atoms with E-state index in [0.29, 0.717) is 34.8 Å². The molecule has 0 saturated heterocycles. The Hall–Kier alpha value is -4.37. The van der Waals surface area contributed by atoms with Crippen LogP contribution in [0.25, 0.3) is 11.1 Å². The maximum Gasteiger partial charge on any atom is 0.172 e. The number of halogens is 1. The normalized spacial score (nSPS) is 10.3. The number of rotatable bonds is 8. The molecule has 0 radical (unpaired) electrons. The quantitative estimate of drug-likeness (QED) is 0.340. The molecule has 0 fully saturated rings. The van der Waals surface area contributed by atoms with E-state index in [-0.39, 0.29) is 12.4 Å². The van der Waals surface area contributed by atoms with Crippen molar-refractivity contribution in [3.8, 4) is 34.4 Å². The van der Waals surface area contributed by atoms with Crippen LogP contribution < -0.4 is 14.2 Å². The lowest BCUT2D eigenvalue weighted by molar-refractivity contribution is 0.278. The molecule has 33 heavy (non-hydrogen) atoms. The van der Waals surface area contributed by atoms with Crippen molar-refractivity contribution in [3.63, 3.8) is 0 Å². The molecule has 3 aromatic carbocycles. The minimum atomic E-state index is -0.433. The molecule has 0 aliphatic rings. The average molecular weight is 440 g/mol. The molecule has 4 aromatic rings. The lowest BCUT2D eigenvalue weighted by atomic mass is 10.1. The van der Waals surface area contributed by atoms with Gasteiger partial charge in [-0.05, 0) is 47.5 Å². The molecule has 0 aliphatic heterocycles. The number of nitriles is 1. The second kappa shape index (κ2) is 10.3. The number of hydrogen-bond acceptors (Lipinski definition) is 5. The Kier molecular flexibility index (Phi) is 6.81. The van der Waals surface area contributed by atoms with Crippen LogP contribution in [0.5, 0.6) is 17.2 Å². The van der Waals surface area contributed by atoms with Crippen LogP contribution in [-0.2, 0) is 13.2 Å². The Morgan fingerprint density at radius 2 is 1.64 bits per heavy atom. The summed E-state index contributed by atoms with van der Waals surface area (Å²) >= 11 is 0. The van der Waals surface area contributed by atoms with Crippen molar-refractivity contribution in [2.45, 2.75) is 13.2 Å². The summed E-state index contributed by atoms with van der Waals surface area (Å²) in [6, 6.07) is 23.4. The standard InChI is InChI=1S/C27H21FN2O3/c1-31-26-14-21(10-11-24(26)32-17-20-6-2-5-19(13-20)15-29)18-33-25-9-3-8-23(27(25)28)22-7-4-12-30-16-22/h2-14,16H,17-18H2,1H3. The number of hydrogen-bond donors (Lipinski definition) is 0. The first kappa shape index (κ1) is 21.8. The average Bonchev–Trinajstić information content (AvgIpc) is 2.87. The SMILES string of the molecule is COc1cc(COc2cccc(-c3cccnc3)c2F)ccc1OCc1cccc(C#N)c1. The summed E-state index contributed by atoms with van der Waals surface area (Å²) in [5, 5.41) is 9.03. The molecule has 1 heterocycles. The van der Waals surface area contributed by atoms with Crippen molar-refractivity contribution in [2.24, 2.45) is 0 Å². The summed E-state index contributed by atoms with van der Waals surface area (Å²) in [5.74, 6) is 0.829. The molecule has 0 spiro atoms. The highest BCUT2D eigenvalue weighted by Gasteiger charge is 2.12. The third-order valence-electron chi connectivity index (χ3n) is 5.01. The van der Waals surface area contributed by atoms with Crippen LogP contribution in [-0.4, -0.2) is 12.1 Å². The van der Waals surface area contributed by atoms with Gasteiger partial charge < -0.3 is 14.2 Å². The zero-order valence-corrected chi connectivity index (χ0v) is 18.0. The van der Waals surface area contributed by atoms with Gasteiger partial charge in [0.15, 0.2) is 23.1 Å². The van der Waals surface area contributed by atoms with E-state index in [4.69, 9.17) is 19.5 Å². The van der Waals surface area contributed by atoms with Crippen LogP contribution in [0.1, 0.15) is 16.7 Å². The summed E-state index contributed by atoms with van der Waals surface area (Å²) < 4.78 is 32.1. The number of aromatic nitrogens is 1. The van der Waals surface area contributed by atoms with Gasteiger partial charge in [0.25, 0.3) is 0 Å². The van der Waals surface area contributed by atoms with Crippen molar-refractivity contribution in [1.82, 2.24) is 4.98 Å². The van der Waals surface area contributed by atoms with Crippen molar-refractivity contribution in [2.75, 3.05) is 7.11 Å². The fraction of sp³-hybridized carbons (Fsp3) is 0.111. The molecule has 0 bridgehead atoms. The zero-order chi connectivity index (χ0) is 23.0. The lowest BCUT2D eigenvalue weighted by Gasteiger charge is -2.14. The summed E-state index contributed by atoms with van der Waals surface area (Å²) in [5.41, 5.74) is 3.38. The molecule has 5 nitrogen and oxygen atoms in total. The molecule has 0 unspecified atom stereocenters. The van der Waals surface area contributed by atoms with Crippen molar-refractivity contribution < 1.29 is 18.6 Å². The van der Waals surface area contributed by atoms with E-state index in [2.05, 4.69) is 11.1 Å². The summed E-state index contributed by atoms with van der Waals surface area (Å²) in [4.78, 5) is 4.05. The topological polar surface area (TPSA) is 64.4 Å². The Labute approximate surface area is 191 Å². The molecular weight excluding hydrogens is 419 g/mol. The molecule has 0 atom stereocenters. The van der Waals surface area contributed by atoms with Crippen molar-refractivity contribution >= 4 is 0 Å². The van der Waals surface area contributed by atoms with Gasteiger partial charge >= 0.3 is 0 Å². The van der Waals surface area contributed by atoms with Gasteiger partial charge in [-0.15, -0.1) is 0 Å². The number of ether oxygens (including phenoxy) is 3. The maximum absolute atomic E-state index is 15.0. The van der Waals surface area contributed by atoms with E-state index in [1.54, 1.807) is 74.1 Å². The molecule has 1 aromatic heterocycles. The highest BCUT2D eigenvalue weighted by atomic mass is 19.1. The third-order valence-corrected chi connectivity index (χ3v) is 5.01. The predicted molar refractivity (Wildman–Crippen MR) is 122 cm³/mol. The van der Waals surface area contributed by atoms with E-state index in [1.165, 1.54) is 0 Å². The third kappa shape index (κ3) is 5.28. The van der Waals surface area contributed by atoms with E-state index in [9.17, 15) is 4.39 Å². The minimum Gasteiger partial charge on any atom is -0.493 e. The molecule has 6 heteroatoms. The number of nitrogens with zero attached hydrogens (tertiary/aromatic N) is 2. The molecule has 4 rings (SSSR count). The van der Waals surface area contributed by atoms with Crippen LogP contribution in [0.3, 0.4) is 0 Å². The Balaban J connectivity index is 1.45. The Morgan fingerprint density at radius 1 is 0.848 bits per heavy atom. The largest absolute Gasteiger partial charge is 0.493 e. The first-order chi connectivity index (χ1) is 16.2. The second-order valence-electron chi connectivity index (χ2n) is 7.23. The maximum atomic E-state index is 15.0. The highest BCUT2D eigenvalue weighted by Crippen LogP contribution is 2.31. The first-order valence-corrected chi connectivity index (χ1v) is 10.3.